The molecule has 18 heavy (non-hydrogen) atoms. The lowest BCUT2D eigenvalue weighted by atomic mass is 10.1. The Kier molecular flexibility index (Phi) is 2.52. The number of aromatic nitrogens is 3. The van der Waals surface area contributed by atoms with Crippen LogP contribution in [0.3, 0.4) is 0 Å². The van der Waals surface area contributed by atoms with Gasteiger partial charge in [-0.3, -0.25) is 4.40 Å². The summed E-state index contributed by atoms with van der Waals surface area (Å²) in [5.41, 5.74) is 0.506. The average molecular weight is 247 g/mol. The maximum atomic E-state index is 12.1. The molecule has 3 rings (SSSR count). The molecule has 0 N–H and O–H groups in total. The summed E-state index contributed by atoms with van der Waals surface area (Å²) in [5, 5.41) is 4.31. The lowest BCUT2D eigenvalue weighted by molar-refractivity contribution is -0.0233. The Bertz CT molecular complexity index is 626. The van der Waals surface area contributed by atoms with Gasteiger partial charge in [0.2, 0.25) is 0 Å². The van der Waals surface area contributed by atoms with E-state index in [9.17, 15) is 4.79 Å². The Labute approximate surface area is 105 Å². The number of fused-ring (bicyclic) bond motifs is 1. The van der Waals surface area contributed by atoms with E-state index in [0.29, 0.717) is 12.2 Å². The van der Waals surface area contributed by atoms with E-state index in [0.717, 1.165) is 12.8 Å². The smallest absolute Gasteiger partial charge is 0.350 e. The van der Waals surface area contributed by atoms with Gasteiger partial charge in [-0.1, -0.05) is 6.07 Å². The Morgan fingerprint density at radius 2 is 2.33 bits per heavy atom. The third-order valence-electron chi connectivity index (χ3n) is 3.42. The minimum atomic E-state index is -0.0982. The second kappa shape index (κ2) is 3.95. The second-order valence-corrected chi connectivity index (χ2v) is 5.43. The fourth-order valence-corrected chi connectivity index (χ4v) is 2.49. The van der Waals surface area contributed by atoms with Gasteiger partial charge in [0, 0.05) is 6.20 Å². The summed E-state index contributed by atoms with van der Waals surface area (Å²) in [6.07, 6.45) is 3.83. The molecular weight excluding hydrogens is 230 g/mol. The molecule has 5 nitrogen and oxygen atoms in total. The zero-order chi connectivity index (χ0) is 12.8. The van der Waals surface area contributed by atoms with Crippen LogP contribution in [0.15, 0.2) is 29.2 Å². The van der Waals surface area contributed by atoms with Crippen molar-refractivity contribution in [3.63, 3.8) is 0 Å². The highest BCUT2D eigenvalue weighted by molar-refractivity contribution is 5.35. The number of rotatable bonds is 2. The zero-order valence-electron chi connectivity index (χ0n) is 10.7. The SMILES string of the molecule is CC1(C)CCC(Cn2nc3ccccn3c2=O)O1. The van der Waals surface area contributed by atoms with Crippen molar-refractivity contribution in [1.82, 2.24) is 14.2 Å². The quantitative estimate of drug-likeness (QED) is 0.807. The molecule has 2 aromatic rings. The molecule has 1 saturated heterocycles. The summed E-state index contributed by atoms with van der Waals surface area (Å²) in [7, 11) is 0. The normalized spacial score (nSPS) is 22.7. The molecule has 1 aliphatic heterocycles. The van der Waals surface area contributed by atoms with E-state index in [-0.39, 0.29) is 17.4 Å². The Hall–Kier alpha value is -1.62. The molecule has 3 heterocycles. The molecule has 0 aliphatic carbocycles. The van der Waals surface area contributed by atoms with E-state index in [1.54, 1.807) is 10.6 Å². The van der Waals surface area contributed by atoms with Crippen LogP contribution in [0.4, 0.5) is 0 Å². The number of pyridine rings is 1. The number of ether oxygens (including phenoxy) is 1. The van der Waals surface area contributed by atoms with Gasteiger partial charge in [-0.2, -0.15) is 0 Å². The van der Waals surface area contributed by atoms with Crippen molar-refractivity contribution in [3.05, 3.63) is 34.9 Å². The summed E-state index contributed by atoms with van der Waals surface area (Å²) in [6.45, 7) is 4.70. The molecule has 0 spiro atoms. The van der Waals surface area contributed by atoms with Gasteiger partial charge in [0.15, 0.2) is 5.65 Å². The molecule has 1 aliphatic rings. The fraction of sp³-hybridized carbons (Fsp3) is 0.538. The van der Waals surface area contributed by atoms with E-state index in [1.165, 1.54) is 4.68 Å². The highest BCUT2D eigenvalue weighted by atomic mass is 16.5. The van der Waals surface area contributed by atoms with Crippen LogP contribution >= 0.6 is 0 Å². The minimum Gasteiger partial charge on any atom is -0.370 e. The molecule has 0 radical (unpaired) electrons. The van der Waals surface area contributed by atoms with Crippen LogP contribution < -0.4 is 5.69 Å². The third kappa shape index (κ3) is 1.95. The second-order valence-electron chi connectivity index (χ2n) is 5.43. The van der Waals surface area contributed by atoms with E-state index >= 15 is 0 Å². The molecular formula is C13H17N3O2. The summed E-state index contributed by atoms with van der Waals surface area (Å²) in [5.74, 6) is 0. The molecule has 0 saturated carbocycles. The van der Waals surface area contributed by atoms with Crippen molar-refractivity contribution in [2.24, 2.45) is 0 Å². The average Bonchev–Trinajstić information content (AvgIpc) is 2.82. The van der Waals surface area contributed by atoms with Gasteiger partial charge in [-0.05, 0) is 38.8 Å². The van der Waals surface area contributed by atoms with Gasteiger partial charge in [-0.25, -0.2) is 9.48 Å². The zero-order valence-corrected chi connectivity index (χ0v) is 10.7. The number of hydrogen-bond donors (Lipinski definition) is 0. The molecule has 2 aromatic heterocycles. The van der Waals surface area contributed by atoms with Crippen molar-refractivity contribution < 1.29 is 4.74 Å². The van der Waals surface area contributed by atoms with Crippen LogP contribution in [0.5, 0.6) is 0 Å². The standard InChI is InChI=1S/C13H17N3O2/c1-13(2)7-6-10(18-13)9-16-12(17)15-8-4-3-5-11(15)14-16/h3-5,8,10H,6-7,9H2,1-2H3. The Balaban J connectivity index is 1.88. The van der Waals surface area contributed by atoms with Crippen LogP contribution in [0.2, 0.25) is 0 Å². The van der Waals surface area contributed by atoms with Crippen molar-refractivity contribution in [1.29, 1.82) is 0 Å². The predicted octanol–water partition coefficient (Wildman–Crippen LogP) is 1.45. The topological polar surface area (TPSA) is 48.5 Å². The molecule has 0 aromatic carbocycles. The van der Waals surface area contributed by atoms with Crippen LogP contribution in [-0.4, -0.2) is 25.9 Å². The van der Waals surface area contributed by atoms with Gasteiger partial charge in [0.05, 0.1) is 18.2 Å². The predicted molar refractivity (Wildman–Crippen MR) is 67.6 cm³/mol. The first-order valence-corrected chi connectivity index (χ1v) is 6.27. The molecule has 1 fully saturated rings. The highest BCUT2D eigenvalue weighted by Crippen LogP contribution is 2.29. The largest absolute Gasteiger partial charge is 0.370 e. The van der Waals surface area contributed by atoms with Crippen LogP contribution in [-0.2, 0) is 11.3 Å². The molecule has 1 atom stereocenters. The van der Waals surface area contributed by atoms with Crippen molar-refractivity contribution in [2.45, 2.75) is 44.9 Å². The Morgan fingerprint density at radius 1 is 1.50 bits per heavy atom. The third-order valence-corrected chi connectivity index (χ3v) is 3.42. The molecule has 5 heteroatoms. The number of nitrogens with zero attached hydrogens (tertiary/aromatic N) is 3. The van der Waals surface area contributed by atoms with Gasteiger partial charge >= 0.3 is 5.69 Å². The summed E-state index contributed by atoms with van der Waals surface area (Å²) < 4.78 is 8.95. The molecule has 1 unspecified atom stereocenters. The number of hydrogen-bond acceptors (Lipinski definition) is 3. The van der Waals surface area contributed by atoms with Gasteiger partial charge in [0.25, 0.3) is 0 Å². The first-order chi connectivity index (χ1) is 8.55. The van der Waals surface area contributed by atoms with E-state index in [2.05, 4.69) is 18.9 Å². The summed E-state index contributed by atoms with van der Waals surface area (Å²) in [4.78, 5) is 12.1. The highest BCUT2D eigenvalue weighted by Gasteiger charge is 2.32. The van der Waals surface area contributed by atoms with Crippen LogP contribution in [0, 0.1) is 0 Å². The lowest BCUT2D eigenvalue weighted by Gasteiger charge is -2.18. The summed E-state index contributed by atoms with van der Waals surface area (Å²) in [6, 6.07) is 5.54. The summed E-state index contributed by atoms with van der Waals surface area (Å²) >= 11 is 0. The van der Waals surface area contributed by atoms with Gasteiger partial charge < -0.3 is 4.74 Å². The molecule has 96 valence electrons. The maximum Gasteiger partial charge on any atom is 0.350 e. The lowest BCUT2D eigenvalue weighted by Crippen LogP contribution is -2.29. The molecule has 0 bridgehead atoms. The first-order valence-electron chi connectivity index (χ1n) is 6.27. The van der Waals surface area contributed by atoms with E-state index < -0.39 is 0 Å². The van der Waals surface area contributed by atoms with Crippen molar-refractivity contribution in [2.75, 3.05) is 0 Å². The van der Waals surface area contributed by atoms with Crippen molar-refractivity contribution >= 4 is 5.65 Å². The van der Waals surface area contributed by atoms with Crippen LogP contribution in [0.1, 0.15) is 26.7 Å². The van der Waals surface area contributed by atoms with Crippen molar-refractivity contribution in [3.8, 4) is 0 Å². The maximum absolute atomic E-state index is 12.1. The van der Waals surface area contributed by atoms with Crippen LogP contribution in [0.25, 0.3) is 5.65 Å². The van der Waals surface area contributed by atoms with Gasteiger partial charge in [-0.15, -0.1) is 5.10 Å². The van der Waals surface area contributed by atoms with Gasteiger partial charge in [0.1, 0.15) is 0 Å². The first kappa shape index (κ1) is 11.5. The van der Waals surface area contributed by atoms with E-state index in [4.69, 9.17) is 4.74 Å². The molecule has 0 amide bonds. The monoisotopic (exact) mass is 247 g/mol. The van der Waals surface area contributed by atoms with E-state index in [1.807, 2.05) is 18.2 Å². The fourth-order valence-electron chi connectivity index (χ4n) is 2.49. The minimum absolute atomic E-state index is 0.0760. The Morgan fingerprint density at radius 3 is 3.00 bits per heavy atom.